The zero-order chi connectivity index (χ0) is 15.7. The molecule has 4 nitrogen and oxygen atoms in total. The maximum atomic E-state index is 13.9. The minimum absolute atomic E-state index is 0.00179. The largest absolute Gasteiger partial charge is 0.396 e. The summed E-state index contributed by atoms with van der Waals surface area (Å²) in [7, 11) is 0. The second-order valence-electron chi connectivity index (χ2n) is 6.26. The first kappa shape index (κ1) is 15.7. The number of hydrogen-bond donors (Lipinski definition) is 2. The van der Waals surface area contributed by atoms with E-state index in [0.717, 1.165) is 12.8 Å². The van der Waals surface area contributed by atoms with Gasteiger partial charge in [0.15, 0.2) is 0 Å². The van der Waals surface area contributed by atoms with Gasteiger partial charge in [0.2, 0.25) is 5.91 Å². The summed E-state index contributed by atoms with van der Waals surface area (Å²) in [5.74, 6) is -0.0818. The van der Waals surface area contributed by atoms with Crippen LogP contribution >= 0.6 is 11.6 Å². The van der Waals surface area contributed by atoms with Crippen LogP contribution in [0.1, 0.15) is 18.4 Å². The fourth-order valence-electron chi connectivity index (χ4n) is 2.98. The summed E-state index contributed by atoms with van der Waals surface area (Å²) < 4.78 is 13.9. The highest BCUT2D eigenvalue weighted by atomic mass is 35.5. The Balaban J connectivity index is 1.61. The van der Waals surface area contributed by atoms with Crippen molar-refractivity contribution in [2.24, 2.45) is 11.8 Å². The molecule has 2 N–H and O–H groups in total. The van der Waals surface area contributed by atoms with Crippen LogP contribution in [-0.4, -0.2) is 41.7 Å². The molecule has 1 saturated heterocycles. The minimum atomic E-state index is -0.321. The second kappa shape index (κ2) is 6.52. The van der Waals surface area contributed by atoms with Crippen molar-refractivity contribution in [3.63, 3.8) is 0 Å². The normalized spacial score (nSPS) is 25.4. The predicted molar refractivity (Wildman–Crippen MR) is 81.9 cm³/mol. The van der Waals surface area contributed by atoms with Gasteiger partial charge >= 0.3 is 0 Å². The van der Waals surface area contributed by atoms with Gasteiger partial charge in [0.25, 0.3) is 0 Å². The molecule has 0 bridgehead atoms. The molecule has 2 atom stereocenters. The van der Waals surface area contributed by atoms with Crippen molar-refractivity contribution in [2.45, 2.75) is 25.4 Å². The van der Waals surface area contributed by atoms with E-state index in [-0.39, 0.29) is 36.2 Å². The Morgan fingerprint density at radius 2 is 2.18 bits per heavy atom. The van der Waals surface area contributed by atoms with E-state index in [0.29, 0.717) is 30.2 Å². The van der Waals surface area contributed by atoms with E-state index in [1.165, 1.54) is 6.07 Å². The summed E-state index contributed by atoms with van der Waals surface area (Å²) in [6.45, 7) is 1.75. The molecule has 0 unspecified atom stereocenters. The van der Waals surface area contributed by atoms with E-state index in [2.05, 4.69) is 10.2 Å². The van der Waals surface area contributed by atoms with Crippen LogP contribution in [0.5, 0.6) is 0 Å². The summed E-state index contributed by atoms with van der Waals surface area (Å²) in [6, 6.07) is 4.60. The number of amides is 1. The molecule has 0 aromatic heterocycles. The molecule has 2 aliphatic rings. The predicted octanol–water partition coefficient (Wildman–Crippen LogP) is 1.80. The third-order valence-corrected chi connectivity index (χ3v) is 4.67. The molecular weight excluding hydrogens is 307 g/mol. The molecule has 1 aliphatic heterocycles. The van der Waals surface area contributed by atoms with Gasteiger partial charge in [0.1, 0.15) is 5.82 Å². The van der Waals surface area contributed by atoms with Crippen molar-refractivity contribution >= 4 is 17.5 Å². The number of rotatable bonds is 5. The van der Waals surface area contributed by atoms with E-state index in [9.17, 15) is 14.3 Å². The highest BCUT2D eigenvalue weighted by molar-refractivity contribution is 6.30. The first-order chi connectivity index (χ1) is 10.6. The summed E-state index contributed by atoms with van der Waals surface area (Å²) in [4.78, 5) is 14.0. The molecule has 3 rings (SSSR count). The molecule has 22 heavy (non-hydrogen) atoms. The molecule has 6 heteroatoms. The first-order valence-electron chi connectivity index (χ1n) is 7.64. The maximum absolute atomic E-state index is 13.9. The fraction of sp³-hybridized carbons (Fsp3) is 0.562. The summed E-state index contributed by atoms with van der Waals surface area (Å²) in [6.07, 6.45) is 1.92. The van der Waals surface area contributed by atoms with Gasteiger partial charge in [-0.25, -0.2) is 4.39 Å². The van der Waals surface area contributed by atoms with E-state index < -0.39 is 0 Å². The lowest BCUT2D eigenvalue weighted by Crippen LogP contribution is -2.42. The van der Waals surface area contributed by atoms with Crippen LogP contribution in [0.4, 0.5) is 4.39 Å². The lowest BCUT2D eigenvalue weighted by molar-refractivity contribution is -0.123. The number of aliphatic hydroxyl groups excluding tert-OH is 1. The fourth-order valence-corrected chi connectivity index (χ4v) is 3.13. The van der Waals surface area contributed by atoms with Gasteiger partial charge in [-0.05, 0) is 25.0 Å². The number of nitrogens with one attached hydrogen (secondary N) is 1. The average Bonchev–Trinajstić information content (AvgIpc) is 3.26. The van der Waals surface area contributed by atoms with Crippen molar-refractivity contribution in [1.29, 1.82) is 0 Å². The molecule has 0 spiro atoms. The molecule has 120 valence electrons. The molecule has 1 aromatic carbocycles. The van der Waals surface area contributed by atoms with Crippen LogP contribution < -0.4 is 5.32 Å². The van der Waals surface area contributed by atoms with Gasteiger partial charge < -0.3 is 10.4 Å². The highest BCUT2D eigenvalue weighted by Gasteiger charge is 2.37. The SMILES string of the molecule is O=C(N[C@@H]1CN(Cc2ccc(Cl)cc2F)C[C@H]1CO)C1CC1. The lowest BCUT2D eigenvalue weighted by atomic mass is 10.1. The van der Waals surface area contributed by atoms with Crippen molar-refractivity contribution < 1.29 is 14.3 Å². The number of aliphatic hydroxyl groups is 1. The third-order valence-electron chi connectivity index (χ3n) is 4.44. The number of hydrogen-bond acceptors (Lipinski definition) is 3. The number of carbonyl (C=O) groups is 1. The number of likely N-dealkylation sites (tertiary alicyclic amines) is 1. The minimum Gasteiger partial charge on any atom is -0.396 e. The topological polar surface area (TPSA) is 52.6 Å². The van der Waals surface area contributed by atoms with E-state index >= 15 is 0 Å². The highest BCUT2D eigenvalue weighted by Crippen LogP contribution is 2.30. The van der Waals surface area contributed by atoms with Gasteiger partial charge in [0, 0.05) is 54.7 Å². The van der Waals surface area contributed by atoms with Crippen LogP contribution in [0, 0.1) is 17.7 Å². The Labute approximate surface area is 134 Å². The Morgan fingerprint density at radius 1 is 1.41 bits per heavy atom. The van der Waals surface area contributed by atoms with E-state index in [1.807, 2.05) is 0 Å². The van der Waals surface area contributed by atoms with E-state index in [4.69, 9.17) is 11.6 Å². The Hall–Kier alpha value is -1.17. The van der Waals surface area contributed by atoms with Gasteiger partial charge in [0.05, 0.1) is 0 Å². The Bertz CT molecular complexity index is 565. The zero-order valence-electron chi connectivity index (χ0n) is 12.3. The van der Waals surface area contributed by atoms with Gasteiger partial charge in [-0.15, -0.1) is 0 Å². The van der Waals surface area contributed by atoms with Gasteiger partial charge in [-0.3, -0.25) is 9.69 Å². The smallest absolute Gasteiger partial charge is 0.223 e. The monoisotopic (exact) mass is 326 g/mol. The molecule has 0 radical (unpaired) electrons. The Kier molecular flexibility index (Phi) is 4.66. The van der Waals surface area contributed by atoms with Gasteiger partial charge in [-0.2, -0.15) is 0 Å². The maximum Gasteiger partial charge on any atom is 0.223 e. The van der Waals surface area contributed by atoms with Crippen LogP contribution in [0.2, 0.25) is 5.02 Å². The van der Waals surface area contributed by atoms with Crippen molar-refractivity contribution in [2.75, 3.05) is 19.7 Å². The number of halogens is 2. The molecular formula is C16H20ClFN2O2. The summed E-state index contributed by atoms with van der Waals surface area (Å²) >= 11 is 5.76. The van der Waals surface area contributed by atoms with Crippen molar-refractivity contribution in [3.8, 4) is 0 Å². The molecule has 1 aromatic rings. The van der Waals surface area contributed by atoms with Crippen molar-refractivity contribution in [3.05, 3.63) is 34.6 Å². The number of benzene rings is 1. The van der Waals surface area contributed by atoms with Crippen LogP contribution in [-0.2, 0) is 11.3 Å². The van der Waals surface area contributed by atoms with Crippen LogP contribution in [0.15, 0.2) is 18.2 Å². The average molecular weight is 327 g/mol. The van der Waals surface area contributed by atoms with Crippen LogP contribution in [0.3, 0.4) is 0 Å². The zero-order valence-corrected chi connectivity index (χ0v) is 13.0. The van der Waals surface area contributed by atoms with E-state index in [1.54, 1.807) is 12.1 Å². The molecule has 2 fully saturated rings. The number of carbonyl (C=O) groups excluding carboxylic acids is 1. The molecule has 1 heterocycles. The standard InChI is InChI=1S/C16H20ClFN2O2/c17-13-4-3-11(14(18)5-13)6-20-7-12(9-21)15(8-20)19-16(22)10-1-2-10/h3-5,10,12,15,21H,1-2,6-9H2,(H,19,22)/t12-,15+/m0/s1. The van der Waals surface area contributed by atoms with Gasteiger partial charge in [-0.1, -0.05) is 17.7 Å². The van der Waals surface area contributed by atoms with Crippen LogP contribution in [0.25, 0.3) is 0 Å². The summed E-state index contributed by atoms with van der Waals surface area (Å²) in [5, 5.41) is 12.9. The molecule has 1 aliphatic carbocycles. The lowest BCUT2D eigenvalue weighted by Gasteiger charge is -2.18. The molecule has 1 amide bonds. The first-order valence-corrected chi connectivity index (χ1v) is 8.02. The number of nitrogens with zero attached hydrogens (tertiary/aromatic N) is 1. The Morgan fingerprint density at radius 3 is 2.82 bits per heavy atom. The quantitative estimate of drug-likeness (QED) is 0.867. The third kappa shape index (κ3) is 3.59. The summed E-state index contributed by atoms with van der Waals surface area (Å²) in [5.41, 5.74) is 0.579. The molecule has 1 saturated carbocycles. The second-order valence-corrected chi connectivity index (χ2v) is 6.70. The van der Waals surface area contributed by atoms with Crippen molar-refractivity contribution in [1.82, 2.24) is 10.2 Å².